The van der Waals surface area contributed by atoms with E-state index in [1.807, 2.05) is 12.1 Å². The van der Waals surface area contributed by atoms with Gasteiger partial charge in [0, 0.05) is 10.6 Å². The molecule has 0 fully saturated rings. The third-order valence-electron chi connectivity index (χ3n) is 3.03. The number of anilines is 1. The first-order valence-corrected chi connectivity index (χ1v) is 6.27. The summed E-state index contributed by atoms with van der Waals surface area (Å²) in [4.78, 5) is 4.37. The first kappa shape index (κ1) is 12.9. The zero-order chi connectivity index (χ0) is 15.0. The molecule has 2 aromatic heterocycles. The number of hydrogen-bond acceptors (Lipinski definition) is 5. The monoisotopic (exact) mass is 294 g/mol. The zero-order valence-electron chi connectivity index (χ0n) is 10.6. The smallest absolute Gasteiger partial charge is 0.175 e. The average Bonchev–Trinajstić information content (AvgIpc) is 2.91. The van der Waals surface area contributed by atoms with Gasteiger partial charge < -0.3 is 5.73 Å². The van der Waals surface area contributed by atoms with Gasteiger partial charge in [-0.1, -0.05) is 23.7 Å². The molecule has 1 aromatic carbocycles. The van der Waals surface area contributed by atoms with Crippen molar-refractivity contribution in [1.29, 1.82) is 10.5 Å². The third-order valence-corrected chi connectivity index (χ3v) is 3.28. The van der Waals surface area contributed by atoms with E-state index in [4.69, 9.17) is 22.6 Å². The van der Waals surface area contributed by atoms with Crippen LogP contribution in [0.3, 0.4) is 0 Å². The molecule has 7 heteroatoms. The van der Waals surface area contributed by atoms with Crippen LogP contribution < -0.4 is 5.73 Å². The minimum absolute atomic E-state index is 0.147. The lowest BCUT2D eigenvalue weighted by atomic mass is 10.1. The highest BCUT2D eigenvalue weighted by molar-refractivity contribution is 6.30. The zero-order valence-corrected chi connectivity index (χ0v) is 11.3. The van der Waals surface area contributed by atoms with Crippen molar-refractivity contribution in [2.75, 3.05) is 5.73 Å². The van der Waals surface area contributed by atoms with E-state index < -0.39 is 0 Å². The minimum atomic E-state index is 0.147. The second-order valence-electron chi connectivity index (χ2n) is 4.24. The Kier molecular flexibility index (Phi) is 2.94. The van der Waals surface area contributed by atoms with Crippen molar-refractivity contribution in [2.24, 2.45) is 0 Å². The Morgan fingerprint density at radius 3 is 2.48 bits per heavy atom. The van der Waals surface area contributed by atoms with Gasteiger partial charge in [0.15, 0.2) is 5.65 Å². The van der Waals surface area contributed by atoms with Crippen molar-refractivity contribution >= 4 is 23.1 Å². The highest BCUT2D eigenvalue weighted by Gasteiger charge is 2.17. The lowest BCUT2D eigenvalue weighted by Crippen LogP contribution is -2.06. The molecule has 0 unspecified atom stereocenters. The van der Waals surface area contributed by atoms with Gasteiger partial charge in [0.2, 0.25) is 0 Å². The van der Waals surface area contributed by atoms with E-state index in [0.29, 0.717) is 27.5 Å². The number of nitrogen functional groups attached to an aromatic ring is 1. The molecule has 0 atom stereocenters. The van der Waals surface area contributed by atoms with Gasteiger partial charge in [0.05, 0.1) is 11.9 Å². The first-order chi connectivity index (χ1) is 10.2. The first-order valence-electron chi connectivity index (χ1n) is 5.89. The SMILES string of the molecule is N#Cc1c(-c2ccc(Cl)cc2)nc2c(C#N)cnn2c1N. The number of rotatable bonds is 1. The van der Waals surface area contributed by atoms with Gasteiger partial charge in [0.1, 0.15) is 29.1 Å². The van der Waals surface area contributed by atoms with Crippen molar-refractivity contribution in [3.8, 4) is 23.4 Å². The molecular formula is C14H7ClN6. The maximum atomic E-state index is 9.34. The Balaban J connectivity index is 2.39. The summed E-state index contributed by atoms with van der Waals surface area (Å²) in [7, 11) is 0. The topological polar surface area (TPSA) is 104 Å². The summed E-state index contributed by atoms with van der Waals surface area (Å²) in [5.74, 6) is 0.147. The predicted molar refractivity (Wildman–Crippen MR) is 77.3 cm³/mol. The van der Waals surface area contributed by atoms with Crippen LogP contribution in [0.15, 0.2) is 30.5 Å². The van der Waals surface area contributed by atoms with Crippen LogP contribution in [0.4, 0.5) is 5.82 Å². The lowest BCUT2D eigenvalue weighted by Gasteiger charge is -2.08. The number of halogens is 1. The van der Waals surface area contributed by atoms with E-state index in [2.05, 4.69) is 10.1 Å². The van der Waals surface area contributed by atoms with Gasteiger partial charge in [-0.15, -0.1) is 0 Å². The van der Waals surface area contributed by atoms with Crippen LogP contribution in [0.25, 0.3) is 16.9 Å². The number of nitrogens with zero attached hydrogens (tertiary/aromatic N) is 5. The molecule has 0 spiro atoms. The van der Waals surface area contributed by atoms with Crippen molar-refractivity contribution in [2.45, 2.75) is 0 Å². The van der Waals surface area contributed by atoms with Crippen LogP contribution in [0.2, 0.25) is 5.02 Å². The normalized spacial score (nSPS) is 10.2. The van der Waals surface area contributed by atoms with E-state index >= 15 is 0 Å². The second kappa shape index (κ2) is 4.78. The molecule has 0 aliphatic rings. The molecule has 3 aromatic rings. The summed E-state index contributed by atoms with van der Waals surface area (Å²) < 4.78 is 1.29. The van der Waals surface area contributed by atoms with Crippen LogP contribution >= 0.6 is 11.6 Å². The van der Waals surface area contributed by atoms with E-state index in [-0.39, 0.29) is 11.4 Å². The van der Waals surface area contributed by atoms with Gasteiger partial charge in [-0.05, 0) is 12.1 Å². The molecule has 0 saturated heterocycles. The molecule has 100 valence electrons. The maximum Gasteiger partial charge on any atom is 0.175 e. The van der Waals surface area contributed by atoms with Gasteiger partial charge in [-0.2, -0.15) is 20.1 Å². The maximum absolute atomic E-state index is 9.34. The van der Waals surface area contributed by atoms with Gasteiger partial charge in [-0.3, -0.25) is 0 Å². The van der Waals surface area contributed by atoms with Crippen molar-refractivity contribution in [3.05, 3.63) is 46.6 Å². The van der Waals surface area contributed by atoms with Crippen LogP contribution in [-0.4, -0.2) is 14.6 Å². The predicted octanol–water partition coefficient (Wildman–Crippen LogP) is 2.38. The summed E-state index contributed by atoms with van der Waals surface area (Å²) in [6.07, 6.45) is 1.37. The Labute approximate surface area is 124 Å². The highest BCUT2D eigenvalue weighted by Crippen LogP contribution is 2.28. The molecule has 2 N–H and O–H groups in total. The Morgan fingerprint density at radius 1 is 1.14 bits per heavy atom. The summed E-state index contributed by atoms with van der Waals surface area (Å²) in [6.45, 7) is 0. The van der Waals surface area contributed by atoms with Crippen molar-refractivity contribution in [3.63, 3.8) is 0 Å². The van der Waals surface area contributed by atoms with Crippen LogP contribution in [0, 0.1) is 22.7 Å². The summed E-state index contributed by atoms with van der Waals surface area (Å²) in [5.41, 5.74) is 7.87. The summed E-state index contributed by atoms with van der Waals surface area (Å²) in [6, 6.07) is 10.9. The summed E-state index contributed by atoms with van der Waals surface area (Å²) in [5, 5.41) is 23.0. The van der Waals surface area contributed by atoms with Crippen LogP contribution in [-0.2, 0) is 0 Å². The minimum Gasteiger partial charge on any atom is -0.382 e. The number of fused-ring (bicyclic) bond motifs is 1. The molecule has 2 heterocycles. The molecular weight excluding hydrogens is 288 g/mol. The van der Waals surface area contributed by atoms with E-state index in [0.717, 1.165) is 0 Å². The van der Waals surface area contributed by atoms with E-state index in [1.165, 1.54) is 10.7 Å². The fourth-order valence-electron chi connectivity index (χ4n) is 2.02. The molecule has 3 rings (SSSR count). The van der Waals surface area contributed by atoms with Crippen molar-refractivity contribution < 1.29 is 0 Å². The molecule has 6 nitrogen and oxygen atoms in total. The largest absolute Gasteiger partial charge is 0.382 e. The molecule has 0 aliphatic heterocycles. The molecule has 0 aliphatic carbocycles. The van der Waals surface area contributed by atoms with Gasteiger partial charge in [0.25, 0.3) is 0 Å². The van der Waals surface area contributed by atoms with Gasteiger partial charge >= 0.3 is 0 Å². The fourth-order valence-corrected chi connectivity index (χ4v) is 2.15. The van der Waals surface area contributed by atoms with Gasteiger partial charge in [-0.25, -0.2) is 4.98 Å². The second-order valence-corrected chi connectivity index (χ2v) is 4.68. The van der Waals surface area contributed by atoms with Crippen molar-refractivity contribution in [1.82, 2.24) is 14.6 Å². The molecule has 0 saturated carbocycles. The standard InChI is InChI=1S/C14H7ClN6/c15-10-3-1-8(2-4-10)12-11(6-17)13(18)21-14(20-12)9(5-16)7-19-21/h1-4,7H,18H2. The average molecular weight is 295 g/mol. The Hall–Kier alpha value is -3.09. The quantitative estimate of drug-likeness (QED) is 0.742. The number of hydrogen-bond donors (Lipinski definition) is 1. The number of nitriles is 2. The molecule has 0 radical (unpaired) electrons. The fraction of sp³-hybridized carbons (Fsp3) is 0. The third kappa shape index (κ3) is 1.95. The Morgan fingerprint density at radius 2 is 1.86 bits per heavy atom. The van der Waals surface area contributed by atoms with E-state index in [1.54, 1.807) is 24.3 Å². The number of nitrogens with two attached hydrogens (primary N) is 1. The lowest BCUT2D eigenvalue weighted by molar-refractivity contribution is 0.949. The number of aromatic nitrogens is 3. The van der Waals surface area contributed by atoms with Crippen LogP contribution in [0.1, 0.15) is 11.1 Å². The van der Waals surface area contributed by atoms with Crippen LogP contribution in [0.5, 0.6) is 0 Å². The molecule has 0 amide bonds. The molecule has 21 heavy (non-hydrogen) atoms. The molecule has 0 bridgehead atoms. The highest BCUT2D eigenvalue weighted by atomic mass is 35.5. The number of benzene rings is 1. The Bertz CT molecular complexity index is 927. The summed E-state index contributed by atoms with van der Waals surface area (Å²) >= 11 is 5.86. The van der Waals surface area contributed by atoms with E-state index in [9.17, 15) is 5.26 Å².